The Morgan fingerprint density at radius 1 is 1.32 bits per heavy atom. The van der Waals surface area contributed by atoms with Gasteiger partial charge in [0.2, 0.25) is 0 Å². The zero-order valence-electron chi connectivity index (χ0n) is 12.5. The van der Waals surface area contributed by atoms with Crippen LogP contribution in [0.5, 0.6) is 5.75 Å². The van der Waals surface area contributed by atoms with Crippen LogP contribution in [0.4, 0.5) is 0 Å². The summed E-state index contributed by atoms with van der Waals surface area (Å²) in [5.41, 5.74) is 0.906. The van der Waals surface area contributed by atoms with Crippen molar-refractivity contribution in [1.82, 2.24) is 5.32 Å². The molecule has 0 aromatic heterocycles. The molecule has 0 heterocycles. The molecule has 3 nitrogen and oxygen atoms in total. The molecule has 2 atom stereocenters. The molecule has 0 saturated carbocycles. The lowest BCUT2D eigenvalue weighted by Crippen LogP contribution is -2.35. The Balaban J connectivity index is 2.63. The number of methoxy groups -OCH3 is 1. The van der Waals surface area contributed by atoms with Gasteiger partial charge < -0.3 is 15.2 Å². The number of rotatable bonds is 8. The lowest BCUT2D eigenvalue weighted by molar-refractivity contribution is 0.125. The van der Waals surface area contributed by atoms with Crippen molar-refractivity contribution in [1.29, 1.82) is 0 Å². The summed E-state index contributed by atoms with van der Waals surface area (Å²) in [6.45, 7) is 7.45. The van der Waals surface area contributed by atoms with E-state index < -0.39 is 6.10 Å². The molecule has 0 radical (unpaired) electrons. The van der Waals surface area contributed by atoms with Crippen LogP contribution in [0.2, 0.25) is 0 Å². The maximum Gasteiger partial charge on any atom is 0.119 e. The molecule has 0 aliphatic rings. The average molecular weight is 265 g/mol. The monoisotopic (exact) mass is 265 g/mol. The first-order valence-corrected chi connectivity index (χ1v) is 7.13. The summed E-state index contributed by atoms with van der Waals surface area (Å²) >= 11 is 0. The molecule has 3 heteroatoms. The van der Waals surface area contributed by atoms with Gasteiger partial charge in [-0.25, -0.2) is 0 Å². The smallest absolute Gasteiger partial charge is 0.119 e. The van der Waals surface area contributed by atoms with Gasteiger partial charge in [-0.3, -0.25) is 0 Å². The summed E-state index contributed by atoms with van der Waals surface area (Å²) in [6.07, 6.45) is 1.53. The second-order valence-corrected chi connectivity index (χ2v) is 5.37. The second kappa shape index (κ2) is 8.18. The van der Waals surface area contributed by atoms with Crippen molar-refractivity contribution in [3.63, 3.8) is 0 Å². The van der Waals surface area contributed by atoms with E-state index in [9.17, 15) is 5.11 Å². The van der Waals surface area contributed by atoms with Crippen molar-refractivity contribution in [2.75, 3.05) is 13.7 Å². The third-order valence-electron chi connectivity index (χ3n) is 3.38. The number of ether oxygens (including phenoxy) is 1. The quantitative estimate of drug-likeness (QED) is 0.758. The number of nitrogens with one attached hydrogen (secondary N) is 1. The summed E-state index contributed by atoms with van der Waals surface area (Å²) in [6, 6.07) is 7.74. The summed E-state index contributed by atoms with van der Waals surface area (Å²) in [5, 5.41) is 13.9. The third kappa shape index (κ3) is 5.21. The van der Waals surface area contributed by atoms with Gasteiger partial charge in [0.25, 0.3) is 0 Å². The molecule has 0 fully saturated rings. The van der Waals surface area contributed by atoms with Gasteiger partial charge in [0.05, 0.1) is 13.2 Å². The van der Waals surface area contributed by atoms with Crippen LogP contribution in [0.3, 0.4) is 0 Å². The summed E-state index contributed by atoms with van der Waals surface area (Å²) in [7, 11) is 1.64. The Hall–Kier alpha value is -1.06. The van der Waals surface area contributed by atoms with E-state index in [1.54, 1.807) is 7.11 Å². The van der Waals surface area contributed by atoms with Gasteiger partial charge in [-0.2, -0.15) is 0 Å². The van der Waals surface area contributed by atoms with Crippen LogP contribution in [-0.4, -0.2) is 24.8 Å². The van der Waals surface area contributed by atoms with Gasteiger partial charge in [-0.15, -0.1) is 0 Å². The lowest BCUT2D eigenvalue weighted by atomic mass is 9.99. The standard InChI is InChI=1S/C16H27NO2/c1-5-15(17-10-9-12(2)3)16(18)13-7-6-8-14(11-13)19-4/h6-8,11-12,15-18H,5,9-10H2,1-4H3. The Morgan fingerprint density at radius 2 is 2.05 bits per heavy atom. The first-order valence-electron chi connectivity index (χ1n) is 7.13. The van der Waals surface area contributed by atoms with E-state index >= 15 is 0 Å². The molecular formula is C16H27NO2. The molecule has 0 amide bonds. The van der Waals surface area contributed by atoms with Crippen LogP contribution in [0.1, 0.15) is 45.3 Å². The zero-order chi connectivity index (χ0) is 14.3. The lowest BCUT2D eigenvalue weighted by Gasteiger charge is -2.24. The van der Waals surface area contributed by atoms with Gasteiger partial charge >= 0.3 is 0 Å². The molecule has 19 heavy (non-hydrogen) atoms. The minimum atomic E-state index is -0.493. The predicted octanol–water partition coefficient (Wildman–Crippen LogP) is 3.14. The predicted molar refractivity (Wildman–Crippen MR) is 79.5 cm³/mol. The molecule has 2 unspecified atom stereocenters. The minimum absolute atomic E-state index is 0.0888. The molecule has 0 saturated heterocycles. The van der Waals surface area contributed by atoms with Crippen molar-refractivity contribution < 1.29 is 9.84 Å². The van der Waals surface area contributed by atoms with Crippen molar-refractivity contribution in [3.05, 3.63) is 29.8 Å². The average Bonchev–Trinajstić information content (AvgIpc) is 2.42. The van der Waals surface area contributed by atoms with Gasteiger partial charge in [-0.05, 0) is 43.0 Å². The van der Waals surface area contributed by atoms with Gasteiger partial charge in [0.15, 0.2) is 0 Å². The Morgan fingerprint density at radius 3 is 2.63 bits per heavy atom. The Bertz CT molecular complexity index is 366. The van der Waals surface area contributed by atoms with E-state index in [1.807, 2.05) is 24.3 Å². The molecule has 0 aliphatic heterocycles. The van der Waals surface area contributed by atoms with Crippen LogP contribution in [0.25, 0.3) is 0 Å². The highest BCUT2D eigenvalue weighted by atomic mass is 16.5. The van der Waals surface area contributed by atoms with Crippen LogP contribution < -0.4 is 10.1 Å². The fraction of sp³-hybridized carbons (Fsp3) is 0.625. The zero-order valence-corrected chi connectivity index (χ0v) is 12.5. The Kier molecular flexibility index (Phi) is 6.89. The molecular weight excluding hydrogens is 238 g/mol. The van der Waals surface area contributed by atoms with Gasteiger partial charge in [-0.1, -0.05) is 32.9 Å². The number of aliphatic hydroxyl groups is 1. The molecule has 0 bridgehead atoms. The van der Waals surface area contributed by atoms with Crippen LogP contribution in [0.15, 0.2) is 24.3 Å². The maximum absolute atomic E-state index is 10.4. The fourth-order valence-corrected chi connectivity index (χ4v) is 2.09. The first kappa shape index (κ1) is 16.0. The van der Waals surface area contributed by atoms with Crippen LogP contribution >= 0.6 is 0 Å². The summed E-state index contributed by atoms with van der Waals surface area (Å²) in [4.78, 5) is 0. The van der Waals surface area contributed by atoms with Gasteiger partial charge in [0, 0.05) is 6.04 Å². The van der Waals surface area contributed by atoms with Crippen LogP contribution in [0, 0.1) is 5.92 Å². The molecule has 1 rings (SSSR count). The highest BCUT2D eigenvalue weighted by Crippen LogP contribution is 2.23. The molecule has 108 valence electrons. The van der Waals surface area contributed by atoms with Crippen LogP contribution in [-0.2, 0) is 0 Å². The molecule has 2 N–H and O–H groups in total. The van der Waals surface area contributed by atoms with E-state index in [0.29, 0.717) is 5.92 Å². The number of aliphatic hydroxyl groups excluding tert-OH is 1. The maximum atomic E-state index is 10.4. The largest absolute Gasteiger partial charge is 0.497 e. The number of hydrogen-bond acceptors (Lipinski definition) is 3. The van der Waals surface area contributed by atoms with Crippen molar-refractivity contribution in [2.24, 2.45) is 5.92 Å². The third-order valence-corrected chi connectivity index (χ3v) is 3.38. The van der Waals surface area contributed by atoms with E-state index in [1.165, 1.54) is 0 Å². The van der Waals surface area contributed by atoms with Crippen molar-refractivity contribution in [2.45, 2.75) is 45.8 Å². The minimum Gasteiger partial charge on any atom is -0.497 e. The molecule has 0 aliphatic carbocycles. The molecule has 0 spiro atoms. The van der Waals surface area contributed by atoms with Crippen molar-refractivity contribution in [3.8, 4) is 5.75 Å². The summed E-state index contributed by atoms with van der Waals surface area (Å²) < 4.78 is 5.20. The second-order valence-electron chi connectivity index (χ2n) is 5.37. The van der Waals surface area contributed by atoms with Crippen molar-refractivity contribution >= 4 is 0 Å². The molecule has 1 aromatic carbocycles. The summed E-state index contributed by atoms with van der Waals surface area (Å²) in [5.74, 6) is 1.47. The SMILES string of the molecule is CCC(NCCC(C)C)C(O)c1cccc(OC)c1. The van der Waals surface area contributed by atoms with E-state index in [0.717, 1.165) is 30.7 Å². The molecule has 1 aromatic rings. The van der Waals surface area contributed by atoms with Gasteiger partial charge in [0.1, 0.15) is 5.75 Å². The number of hydrogen-bond donors (Lipinski definition) is 2. The van der Waals surface area contributed by atoms with E-state index in [-0.39, 0.29) is 6.04 Å². The normalized spacial score (nSPS) is 14.4. The van der Waals surface area contributed by atoms with E-state index in [4.69, 9.17) is 4.74 Å². The topological polar surface area (TPSA) is 41.5 Å². The fourth-order valence-electron chi connectivity index (χ4n) is 2.09. The Labute approximate surface area is 117 Å². The first-order chi connectivity index (χ1) is 9.08. The highest BCUT2D eigenvalue weighted by Gasteiger charge is 2.19. The number of benzene rings is 1. The highest BCUT2D eigenvalue weighted by molar-refractivity contribution is 5.30. The van der Waals surface area contributed by atoms with E-state index in [2.05, 4.69) is 26.1 Å².